The van der Waals surface area contributed by atoms with Gasteiger partial charge in [0.25, 0.3) is 0 Å². The third kappa shape index (κ3) is 8.81. The number of hydrogen-bond acceptors (Lipinski definition) is 6. The van der Waals surface area contributed by atoms with Crippen LogP contribution in [0.1, 0.15) is 37.5 Å². The van der Waals surface area contributed by atoms with Gasteiger partial charge in [0.15, 0.2) is 14.6 Å². The van der Waals surface area contributed by atoms with Gasteiger partial charge < -0.3 is 28.1 Å². The first-order valence-electron chi connectivity index (χ1n) is 14.5. The lowest BCUT2D eigenvalue weighted by Crippen LogP contribution is -2.64. The van der Waals surface area contributed by atoms with Crippen LogP contribution in [0.3, 0.4) is 0 Å². The van der Waals surface area contributed by atoms with Crippen molar-refractivity contribution in [3.63, 3.8) is 0 Å². The fourth-order valence-corrected chi connectivity index (χ4v) is 5.95. The standard InChI is InChI=1S/C34H46O6Si/c1-34(2,3)41(5,6)40-30-29(25-36-22-26-16-10-7-11-17-26)39-33(35-4)32(38-24-28-20-14-9-15-21-28)31(30)37-23-27-18-12-8-13-19-27/h7-21,29-33H,22-25H2,1-6H3/t29-,30-,31+,32-,33+/m1/s1. The van der Waals surface area contributed by atoms with Gasteiger partial charge in [0.2, 0.25) is 0 Å². The Hall–Kier alpha value is -2.36. The monoisotopic (exact) mass is 578 g/mol. The average Bonchev–Trinajstić information content (AvgIpc) is 2.97. The number of benzene rings is 3. The molecule has 5 atom stereocenters. The highest BCUT2D eigenvalue weighted by atomic mass is 28.4. The highest BCUT2D eigenvalue weighted by Crippen LogP contribution is 2.40. The van der Waals surface area contributed by atoms with Gasteiger partial charge >= 0.3 is 0 Å². The van der Waals surface area contributed by atoms with Gasteiger partial charge in [0.1, 0.15) is 24.4 Å². The third-order valence-electron chi connectivity index (χ3n) is 8.02. The Kier molecular flexibility index (Phi) is 11.3. The summed E-state index contributed by atoms with van der Waals surface area (Å²) in [6.07, 6.45) is -2.43. The molecule has 3 aromatic carbocycles. The normalized spacial score (nSPS) is 23.4. The van der Waals surface area contributed by atoms with Gasteiger partial charge in [-0.05, 0) is 34.8 Å². The van der Waals surface area contributed by atoms with Crippen molar-refractivity contribution in [2.45, 2.75) is 89.4 Å². The molecule has 0 bridgehead atoms. The maximum atomic E-state index is 7.11. The summed E-state index contributed by atoms with van der Waals surface area (Å²) in [5.74, 6) is 0. The van der Waals surface area contributed by atoms with E-state index in [1.807, 2.05) is 54.6 Å². The van der Waals surface area contributed by atoms with Gasteiger partial charge in [0, 0.05) is 7.11 Å². The fourth-order valence-electron chi connectivity index (χ4n) is 4.63. The zero-order chi connectivity index (χ0) is 29.3. The van der Waals surface area contributed by atoms with E-state index in [1.54, 1.807) is 7.11 Å². The number of hydrogen-bond donors (Lipinski definition) is 0. The SMILES string of the molecule is CO[C@H]1O[C@H](COCc2ccccc2)[C@@H](O[Si](C)(C)C(C)(C)C)[C@H](OCc2ccccc2)[C@H]1OCc1ccccc1. The van der Waals surface area contributed by atoms with Crippen molar-refractivity contribution in [2.24, 2.45) is 0 Å². The Morgan fingerprint density at radius 2 is 1.12 bits per heavy atom. The Labute approximate surface area is 247 Å². The average molecular weight is 579 g/mol. The molecule has 4 rings (SSSR count). The summed E-state index contributed by atoms with van der Waals surface area (Å²) in [5, 5.41) is -0.00900. The molecule has 0 aromatic heterocycles. The molecule has 0 amide bonds. The maximum absolute atomic E-state index is 7.11. The summed E-state index contributed by atoms with van der Waals surface area (Å²) in [6, 6.07) is 30.5. The fraction of sp³-hybridized carbons (Fsp3) is 0.471. The summed E-state index contributed by atoms with van der Waals surface area (Å²) in [5.41, 5.74) is 3.26. The van der Waals surface area contributed by atoms with Crippen molar-refractivity contribution in [2.75, 3.05) is 13.7 Å². The quantitative estimate of drug-likeness (QED) is 0.201. The van der Waals surface area contributed by atoms with E-state index in [2.05, 4.69) is 70.3 Å². The molecule has 7 heteroatoms. The van der Waals surface area contributed by atoms with Crippen LogP contribution >= 0.6 is 0 Å². The van der Waals surface area contributed by atoms with Crippen molar-refractivity contribution < 1.29 is 28.1 Å². The lowest BCUT2D eigenvalue weighted by atomic mass is 9.98. The van der Waals surface area contributed by atoms with Crippen molar-refractivity contribution in [3.05, 3.63) is 108 Å². The molecular weight excluding hydrogens is 532 g/mol. The van der Waals surface area contributed by atoms with Gasteiger partial charge in [-0.2, -0.15) is 0 Å². The zero-order valence-corrected chi connectivity index (χ0v) is 26.3. The molecule has 1 aliphatic rings. The number of methoxy groups -OCH3 is 1. The van der Waals surface area contributed by atoms with Gasteiger partial charge in [0.05, 0.1) is 26.4 Å². The van der Waals surface area contributed by atoms with E-state index in [9.17, 15) is 0 Å². The van der Waals surface area contributed by atoms with Gasteiger partial charge in [-0.25, -0.2) is 0 Å². The predicted octanol–water partition coefficient (Wildman–Crippen LogP) is 7.14. The highest BCUT2D eigenvalue weighted by Gasteiger charge is 2.52. The Bertz CT molecular complexity index is 1150. The van der Waals surface area contributed by atoms with Crippen LogP contribution in [0.15, 0.2) is 91.0 Å². The molecule has 0 spiro atoms. The molecule has 1 heterocycles. The lowest BCUT2D eigenvalue weighted by molar-refractivity contribution is -0.313. The second-order valence-corrected chi connectivity index (χ2v) is 16.9. The molecule has 0 saturated carbocycles. The molecule has 3 aromatic rings. The molecular formula is C34H46O6Si. The Balaban J connectivity index is 1.63. The third-order valence-corrected chi connectivity index (χ3v) is 12.5. The van der Waals surface area contributed by atoms with Crippen LogP contribution in [-0.4, -0.2) is 52.7 Å². The minimum atomic E-state index is -2.25. The van der Waals surface area contributed by atoms with E-state index < -0.39 is 39.0 Å². The van der Waals surface area contributed by atoms with Crippen molar-refractivity contribution >= 4 is 8.32 Å². The summed E-state index contributed by atoms with van der Waals surface area (Å²) in [4.78, 5) is 0. The topological polar surface area (TPSA) is 55.4 Å². The molecule has 1 saturated heterocycles. The van der Waals surface area contributed by atoms with E-state index in [0.29, 0.717) is 26.4 Å². The number of rotatable bonds is 13. The predicted molar refractivity (Wildman–Crippen MR) is 164 cm³/mol. The van der Waals surface area contributed by atoms with Crippen molar-refractivity contribution in [1.29, 1.82) is 0 Å². The lowest BCUT2D eigenvalue weighted by Gasteiger charge is -2.49. The maximum Gasteiger partial charge on any atom is 0.192 e. The Morgan fingerprint density at radius 3 is 1.59 bits per heavy atom. The summed E-state index contributed by atoms with van der Waals surface area (Å²) in [7, 11) is -0.600. The minimum Gasteiger partial charge on any atom is -0.408 e. The molecule has 222 valence electrons. The second-order valence-electron chi connectivity index (χ2n) is 12.1. The van der Waals surface area contributed by atoms with E-state index in [-0.39, 0.29) is 5.04 Å². The van der Waals surface area contributed by atoms with Crippen LogP contribution in [0.4, 0.5) is 0 Å². The van der Waals surface area contributed by atoms with Crippen LogP contribution in [-0.2, 0) is 47.9 Å². The molecule has 0 radical (unpaired) electrons. The largest absolute Gasteiger partial charge is 0.408 e. The van der Waals surface area contributed by atoms with E-state index in [4.69, 9.17) is 28.1 Å². The van der Waals surface area contributed by atoms with E-state index >= 15 is 0 Å². The summed E-state index contributed by atoms with van der Waals surface area (Å²) >= 11 is 0. The first-order valence-corrected chi connectivity index (χ1v) is 17.4. The van der Waals surface area contributed by atoms with Crippen molar-refractivity contribution in [3.8, 4) is 0 Å². The van der Waals surface area contributed by atoms with Crippen LogP contribution < -0.4 is 0 Å². The first kappa shape index (κ1) is 31.6. The Morgan fingerprint density at radius 1 is 0.659 bits per heavy atom. The molecule has 0 aliphatic carbocycles. The smallest absolute Gasteiger partial charge is 0.192 e. The van der Waals surface area contributed by atoms with Gasteiger partial charge in [-0.1, -0.05) is 112 Å². The summed E-state index contributed by atoms with van der Waals surface area (Å²) < 4.78 is 39.1. The molecule has 6 nitrogen and oxygen atoms in total. The molecule has 1 fully saturated rings. The first-order chi connectivity index (χ1) is 19.7. The zero-order valence-electron chi connectivity index (χ0n) is 25.3. The molecule has 0 unspecified atom stereocenters. The molecule has 0 N–H and O–H groups in total. The summed E-state index contributed by atoms with van der Waals surface area (Å²) in [6.45, 7) is 12.9. The van der Waals surface area contributed by atoms with Crippen LogP contribution in [0.25, 0.3) is 0 Å². The molecule has 1 aliphatic heterocycles. The van der Waals surface area contributed by atoms with E-state index in [0.717, 1.165) is 16.7 Å². The van der Waals surface area contributed by atoms with Gasteiger partial charge in [-0.15, -0.1) is 0 Å². The van der Waals surface area contributed by atoms with Crippen LogP contribution in [0.5, 0.6) is 0 Å². The second kappa shape index (κ2) is 14.7. The highest BCUT2D eigenvalue weighted by molar-refractivity contribution is 6.74. The van der Waals surface area contributed by atoms with Crippen molar-refractivity contribution in [1.82, 2.24) is 0 Å². The molecule has 41 heavy (non-hydrogen) atoms. The number of ether oxygens (including phenoxy) is 5. The minimum absolute atomic E-state index is 0.00900. The van der Waals surface area contributed by atoms with E-state index in [1.165, 1.54) is 0 Å². The van der Waals surface area contributed by atoms with Crippen LogP contribution in [0.2, 0.25) is 18.1 Å². The van der Waals surface area contributed by atoms with Crippen LogP contribution in [0, 0.1) is 0 Å². The van der Waals surface area contributed by atoms with Gasteiger partial charge in [-0.3, -0.25) is 0 Å².